The zero-order valence-corrected chi connectivity index (χ0v) is 12.6. The highest BCUT2D eigenvalue weighted by Crippen LogP contribution is 2.31. The maximum absolute atomic E-state index is 10.5. The summed E-state index contributed by atoms with van der Waals surface area (Å²) in [7, 11) is 0. The van der Waals surface area contributed by atoms with Gasteiger partial charge in [0.15, 0.2) is 0 Å². The summed E-state index contributed by atoms with van der Waals surface area (Å²) in [4.78, 5) is 0. The first kappa shape index (κ1) is 14.8. The fourth-order valence-electron chi connectivity index (χ4n) is 2.69. The van der Waals surface area contributed by atoms with E-state index in [1.165, 1.54) is 5.56 Å². The maximum atomic E-state index is 10.5. The summed E-state index contributed by atoms with van der Waals surface area (Å²) in [5, 5.41) is 14.8. The summed E-state index contributed by atoms with van der Waals surface area (Å²) in [5.41, 5.74) is 0.685. The van der Waals surface area contributed by atoms with Crippen molar-refractivity contribution in [3.8, 4) is 0 Å². The number of hydrogen-bond donors (Lipinski definition) is 2. The van der Waals surface area contributed by atoms with E-state index in [-0.39, 0.29) is 6.04 Å². The molecule has 3 heteroatoms. The number of halogens is 1. The molecule has 19 heavy (non-hydrogen) atoms. The highest BCUT2D eigenvalue weighted by Gasteiger charge is 2.31. The molecule has 1 unspecified atom stereocenters. The Kier molecular flexibility index (Phi) is 4.88. The highest BCUT2D eigenvalue weighted by atomic mass is 35.5. The van der Waals surface area contributed by atoms with Crippen molar-refractivity contribution in [3.05, 3.63) is 34.9 Å². The molecule has 0 heterocycles. The molecular formula is C16H24ClNO. The van der Waals surface area contributed by atoms with Crippen molar-refractivity contribution in [1.82, 2.24) is 5.32 Å². The van der Waals surface area contributed by atoms with Gasteiger partial charge in [-0.1, -0.05) is 30.7 Å². The molecule has 1 atom stereocenters. The Bertz CT molecular complexity index is 396. The lowest BCUT2D eigenvalue weighted by Crippen LogP contribution is -2.44. The van der Waals surface area contributed by atoms with Crippen molar-refractivity contribution >= 4 is 11.6 Å². The Hall–Kier alpha value is -0.570. The SMILES string of the molecule is CC1CCC(O)(CNC(C)c2ccc(Cl)cc2)CC1. The summed E-state index contributed by atoms with van der Waals surface area (Å²) in [6.45, 7) is 5.06. The number of nitrogens with one attached hydrogen (secondary N) is 1. The van der Waals surface area contributed by atoms with Gasteiger partial charge >= 0.3 is 0 Å². The molecule has 2 nitrogen and oxygen atoms in total. The topological polar surface area (TPSA) is 32.3 Å². The van der Waals surface area contributed by atoms with Crippen molar-refractivity contribution in [2.24, 2.45) is 5.92 Å². The van der Waals surface area contributed by atoms with Crippen molar-refractivity contribution in [1.29, 1.82) is 0 Å². The van der Waals surface area contributed by atoms with Crippen LogP contribution in [0.1, 0.15) is 51.1 Å². The first-order chi connectivity index (χ1) is 8.98. The molecule has 106 valence electrons. The average Bonchev–Trinajstić information content (AvgIpc) is 2.41. The second kappa shape index (κ2) is 6.25. The van der Waals surface area contributed by atoms with Crippen LogP contribution in [0.5, 0.6) is 0 Å². The largest absolute Gasteiger partial charge is 0.389 e. The predicted octanol–water partition coefficient (Wildman–Crippen LogP) is 3.93. The van der Waals surface area contributed by atoms with Crippen LogP contribution >= 0.6 is 11.6 Å². The standard InChI is InChI=1S/C16H24ClNO/c1-12-7-9-16(19,10-8-12)11-18-13(2)14-3-5-15(17)6-4-14/h3-6,12-13,18-19H,7-11H2,1-2H3. The summed E-state index contributed by atoms with van der Waals surface area (Å²) in [6, 6.07) is 8.12. The summed E-state index contributed by atoms with van der Waals surface area (Å²) >= 11 is 5.89. The van der Waals surface area contributed by atoms with Crippen molar-refractivity contribution in [2.75, 3.05) is 6.54 Å². The smallest absolute Gasteiger partial charge is 0.0772 e. The molecule has 1 fully saturated rings. The minimum atomic E-state index is -0.521. The van der Waals surface area contributed by atoms with E-state index in [1.54, 1.807) is 0 Å². The lowest BCUT2D eigenvalue weighted by molar-refractivity contribution is -0.00783. The zero-order valence-electron chi connectivity index (χ0n) is 11.8. The second-order valence-corrected chi connectivity index (χ2v) is 6.50. The van der Waals surface area contributed by atoms with Crippen LogP contribution in [0.25, 0.3) is 0 Å². The van der Waals surface area contributed by atoms with Crippen LogP contribution in [-0.2, 0) is 0 Å². The number of aliphatic hydroxyl groups is 1. The van der Waals surface area contributed by atoms with Crippen molar-refractivity contribution in [2.45, 2.75) is 51.2 Å². The van der Waals surface area contributed by atoms with Crippen LogP contribution in [0.2, 0.25) is 5.02 Å². The van der Waals surface area contributed by atoms with Crippen molar-refractivity contribution in [3.63, 3.8) is 0 Å². The molecule has 0 aliphatic heterocycles. The molecule has 0 amide bonds. The van der Waals surface area contributed by atoms with Gasteiger partial charge < -0.3 is 10.4 Å². The Balaban J connectivity index is 1.86. The quantitative estimate of drug-likeness (QED) is 0.876. The van der Waals surface area contributed by atoms with Gasteiger partial charge in [0.2, 0.25) is 0 Å². The molecule has 1 aliphatic rings. The second-order valence-electron chi connectivity index (χ2n) is 6.06. The molecule has 0 radical (unpaired) electrons. The monoisotopic (exact) mass is 281 g/mol. The molecule has 0 spiro atoms. The van der Waals surface area contributed by atoms with E-state index in [0.717, 1.165) is 36.6 Å². The predicted molar refractivity (Wildman–Crippen MR) is 80.5 cm³/mol. The van der Waals surface area contributed by atoms with Gasteiger partial charge in [-0.15, -0.1) is 0 Å². The molecule has 1 aromatic carbocycles. The van der Waals surface area contributed by atoms with Gasteiger partial charge in [0.25, 0.3) is 0 Å². The van der Waals surface area contributed by atoms with E-state index in [2.05, 4.69) is 19.2 Å². The number of benzene rings is 1. The van der Waals surface area contributed by atoms with Gasteiger partial charge in [-0.3, -0.25) is 0 Å². The first-order valence-corrected chi connectivity index (χ1v) is 7.57. The Morgan fingerprint density at radius 2 is 1.89 bits per heavy atom. The van der Waals surface area contributed by atoms with Gasteiger partial charge in [-0.05, 0) is 56.2 Å². The maximum Gasteiger partial charge on any atom is 0.0772 e. The fraction of sp³-hybridized carbons (Fsp3) is 0.625. The first-order valence-electron chi connectivity index (χ1n) is 7.20. The molecule has 0 saturated heterocycles. The zero-order chi connectivity index (χ0) is 13.9. The normalized spacial score (nSPS) is 29.2. The van der Waals surface area contributed by atoms with Crippen LogP contribution in [0.15, 0.2) is 24.3 Å². The van der Waals surface area contributed by atoms with E-state index < -0.39 is 5.60 Å². The number of hydrogen-bond acceptors (Lipinski definition) is 2. The molecule has 1 aliphatic carbocycles. The Morgan fingerprint density at radius 3 is 2.47 bits per heavy atom. The molecule has 0 bridgehead atoms. The summed E-state index contributed by atoms with van der Waals surface area (Å²) < 4.78 is 0. The number of rotatable bonds is 4. The van der Waals surface area contributed by atoms with Gasteiger partial charge in [0.1, 0.15) is 0 Å². The van der Waals surface area contributed by atoms with E-state index in [4.69, 9.17) is 11.6 Å². The van der Waals surface area contributed by atoms with Crippen LogP contribution < -0.4 is 5.32 Å². The minimum Gasteiger partial charge on any atom is -0.389 e. The summed E-state index contributed by atoms with van der Waals surface area (Å²) in [5.74, 6) is 0.758. The Morgan fingerprint density at radius 1 is 1.32 bits per heavy atom. The molecule has 1 saturated carbocycles. The lowest BCUT2D eigenvalue weighted by atomic mass is 9.79. The third kappa shape index (κ3) is 4.20. The molecule has 1 aromatic rings. The minimum absolute atomic E-state index is 0.237. The summed E-state index contributed by atoms with van der Waals surface area (Å²) in [6.07, 6.45) is 4.09. The average molecular weight is 282 g/mol. The van der Waals surface area contributed by atoms with Gasteiger partial charge in [-0.25, -0.2) is 0 Å². The van der Waals surface area contributed by atoms with Gasteiger partial charge in [-0.2, -0.15) is 0 Å². The highest BCUT2D eigenvalue weighted by molar-refractivity contribution is 6.30. The van der Waals surface area contributed by atoms with Gasteiger partial charge in [0.05, 0.1) is 5.60 Å². The third-order valence-corrected chi connectivity index (χ3v) is 4.56. The van der Waals surface area contributed by atoms with Crippen LogP contribution in [0.3, 0.4) is 0 Å². The van der Waals surface area contributed by atoms with Crippen molar-refractivity contribution < 1.29 is 5.11 Å². The van der Waals surface area contributed by atoms with E-state index in [0.29, 0.717) is 6.54 Å². The lowest BCUT2D eigenvalue weighted by Gasteiger charge is -2.36. The third-order valence-electron chi connectivity index (χ3n) is 4.31. The van der Waals surface area contributed by atoms with Gasteiger partial charge in [0, 0.05) is 17.6 Å². The molecule has 2 N–H and O–H groups in total. The van der Waals surface area contributed by atoms with E-state index >= 15 is 0 Å². The van der Waals surface area contributed by atoms with E-state index in [9.17, 15) is 5.11 Å². The van der Waals surface area contributed by atoms with Crippen LogP contribution in [0, 0.1) is 5.92 Å². The molecule has 2 rings (SSSR count). The van der Waals surface area contributed by atoms with E-state index in [1.807, 2.05) is 24.3 Å². The molecule has 0 aromatic heterocycles. The van der Waals surface area contributed by atoms with Crippen LogP contribution in [-0.4, -0.2) is 17.3 Å². The van der Waals surface area contributed by atoms with Crippen LogP contribution in [0.4, 0.5) is 0 Å². The fourth-order valence-corrected chi connectivity index (χ4v) is 2.81. The molecular weight excluding hydrogens is 258 g/mol. The Labute approximate surface area is 121 Å².